The van der Waals surface area contributed by atoms with Crippen LogP contribution >= 0.6 is 0 Å². The zero-order valence-electron chi connectivity index (χ0n) is 14.6. The number of anilines is 1. The molecule has 26 heavy (non-hydrogen) atoms. The normalized spacial score (nSPS) is 11.7. The summed E-state index contributed by atoms with van der Waals surface area (Å²) in [7, 11) is 0. The van der Waals surface area contributed by atoms with Gasteiger partial charge in [0.15, 0.2) is 0 Å². The van der Waals surface area contributed by atoms with Gasteiger partial charge in [0.25, 0.3) is 5.69 Å². The predicted molar refractivity (Wildman–Crippen MR) is 98.6 cm³/mol. The van der Waals surface area contributed by atoms with Crippen LogP contribution in [0.1, 0.15) is 19.4 Å². The number of hydrogen-bond donors (Lipinski definition) is 2. The lowest BCUT2D eigenvalue weighted by Gasteiger charge is -2.21. The third-order valence-electron chi connectivity index (χ3n) is 3.80. The van der Waals surface area contributed by atoms with Crippen molar-refractivity contribution >= 4 is 23.2 Å². The van der Waals surface area contributed by atoms with E-state index >= 15 is 0 Å². The average molecular weight is 355 g/mol. The Bertz CT molecular complexity index is 790. The number of non-ortho nitro benzene ring substituents is 1. The molecule has 2 amide bonds. The summed E-state index contributed by atoms with van der Waals surface area (Å²) in [5.41, 5.74) is 1.05. The molecule has 0 aromatic heterocycles. The fraction of sp³-hybridized carbons (Fsp3) is 0.263. The molecule has 7 nitrogen and oxygen atoms in total. The summed E-state index contributed by atoms with van der Waals surface area (Å²) >= 11 is 0. The Kier molecular flexibility index (Phi) is 6.43. The van der Waals surface area contributed by atoms with Gasteiger partial charge in [-0.15, -0.1) is 0 Å². The van der Waals surface area contributed by atoms with Gasteiger partial charge in [0.1, 0.15) is 6.04 Å². The minimum absolute atomic E-state index is 0.114. The van der Waals surface area contributed by atoms with Crippen LogP contribution in [0.25, 0.3) is 0 Å². The lowest BCUT2D eigenvalue weighted by molar-refractivity contribution is -0.384. The van der Waals surface area contributed by atoms with Crippen LogP contribution in [0.3, 0.4) is 0 Å². The maximum Gasteiger partial charge on any atom is 0.271 e. The van der Waals surface area contributed by atoms with Crippen molar-refractivity contribution in [1.82, 2.24) is 5.32 Å². The van der Waals surface area contributed by atoms with Crippen molar-refractivity contribution in [3.63, 3.8) is 0 Å². The number of nitro benzene ring substituents is 1. The Morgan fingerprint density at radius 3 is 2.38 bits per heavy atom. The lowest BCUT2D eigenvalue weighted by Crippen LogP contribution is -2.47. The topological polar surface area (TPSA) is 101 Å². The van der Waals surface area contributed by atoms with E-state index in [2.05, 4.69) is 10.6 Å². The number of amides is 2. The van der Waals surface area contributed by atoms with E-state index in [1.165, 1.54) is 18.2 Å². The zero-order chi connectivity index (χ0) is 19.1. The van der Waals surface area contributed by atoms with Gasteiger partial charge in [-0.05, 0) is 17.5 Å². The molecule has 0 radical (unpaired) electrons. The van der Waals surface area contributed by atoms with Crippen molar-refractivity contribution in [1.29, 1.82) is 0 Å². The molecule has 0 heterocycles. The van der Waals surface area contributed by atoms with Gasteiger partial charge in [-0.25, -0.2) is 0 Å². The number of carbonyl (C=O) groups excluding carboxylic acids is 2. The van der Waals surface area contributed by atoms with E-state index in [-0.39, 0.29) is 23.9 Å². The van der Waals surface area contributed by atoms with Crippen molar-refractivity contribution in [2.24, 2.45) is 5.92 Å². The van der Waals surface area contributed by atoms with Crippen molar-refractivity contribution in [2.45, 2.75) is 26.3 Å². The maximum absolute atomic E-state index is 12.5. The summed E-state index contributed by atoms with van der Waals surface area (Å²) in [5.74, 6) is -0.820. The van der Waals surface area contributed by atoms with Gasteiger partial charge in [-0.3, -0.25) is 19.7 Å². The number of benzene rings is 2. The summed E-state index contributed by atoms with van der Waals surface area (Å²) in [6, 6.07) is 14.2. The molecule has 0 saturated carbocycles. The Hall–Kier alpha value is -3.22. The minimum Gasteiger partial charge on any atom is -0.344 e. The second-order valence-electron chi connectivity index (χ2n) is 6.25. The van der Waals surface area contributed by atoms with Crippen molar-refractivity contribution in [3.8, 4) is 0 Å². The van der Waals surface area contributed by atoms with E-state index in [9.17, 15) is 19.7 Å². The van der Waals surface area contributed by atoms with Crippen LogP contribution in [0, 0.1) is 16.0 Å². The molecule has 0 fully saturated rings. The first-order valence-electron chi connectivity index (χ1n) is 8.25. The number of nitrogens with zero attached hydrogens (tertiary/aromatic N) is 1. The molecule has 0 unspecified atom stereocenters. The molecular weight excluding hydrogens is 334 g/mol. The summed E-state index contributed by atoms with van der Waals surface area (Å²) in [6.07, 6.45) is 0.175. The number of carbonyl (C=O) groups is 2. The molecule has 7 heteroatoms. The molecule has 2 N–H and O–H groups in total. The summed E-state index contributed by atoms with van der Waals surface area (Å²) in [4.78, 5) is 35.1. The molecule has 2 aromatic rings. The quantitative estimate of drug-likeness (QED) is 0.589. The second-order valence-corrected chi connectivity index (χ2v) is 6.25. The lowest BCUT2D eigenvalue weighted by atomic mass is 10.0. The van der Waals surface area contributed by atoms with Gasteiger partial charge in [0.2, 0.25) is 11.8 Å². The third kappa shape index (κ3) is 5.41. The van der Waals surface area contributed by atoms with Gasteiger partial charge < -0.3 is 10.6 Å². The van der Waals surface area contributed by atoms with Gasteiger partial charge in [0.05, 0.1) is 11.3 Å². The fourth-order valence-electron chi connectivity index (χ4n) is 2.46. The van der Waals surface area contributed by atoms with Crippen LogP contribution in [0.5, 0.6) is 0 Å². The average Bonchev–Trinajstić information content (AvgIpc) is 2.60. The summed E-state index contributed by atoms with van der Waals surface area (Å²) in [5, 5.41) is 16.2. The van der Waals surface area contributed by atoms with Crippen LogP contribution < -0.4 is 10.6 Å². The Morgan fingerprint density at radius 2 is 1.77 bits per heavy atom. The maximum atomic E-state index is 12.5. The first-order valence-corrected chi connectivity index (χ1v) is 8.25. The van der Waals surface area contributed by atoms with Crippen molar-refractivity contribution in [3.05, 3.63) is 70.3 Å². The summed E-state index contributed by atoms with van der Waals surface area (Å²) in [6.45, 7) is 3.64. The molecule has 0 bridgehead atoms. The van der Waals surface area contributed by atoms with Gasteiger partial charge in [-0.1, -0.05) is 50.2 Å². The van der Waals surface area contributed by atoms with Crippen LogP contribution in [0.4, 0.5) is 11.4 Å². The Morgan fingerprint density at radius 1 is 1.08 bits per heavy atom. The first kappa shape index (κ1) is 19.1. The van der Waals surface area contributed by atoms with E-state index in [1.807, 2.05) is 44.2 Å². The van der Waals surface area contributed by atoms with Gasteiger partial charge in [-0.2, -0.15) is 0 Å². The Labute approximate surface area is 151 Å². The highest BCUT2D eigenvalue weighted by molar-refractivity contribution is 5.97. The zero-order valence-corrected chi connectivity index (χ0v) is 14.6. The molecule has 0 saturated heterocycles. The molecule has 1 atom stereocenters. The first-order chi connectivity index (χ1) is 12.4. The highest BCUT2D eigenvalue weighted by Crippen LogP contribution is 2.18. The standard InChI is InChI=1S/C19H21N3O4/c1-13(2)18(21-17(23)11-14-7-4-3-5-8-14)19(24)20-15-9-6-10-16(12-15)22(25)26/h3-10,12-13,18H,11H2,1-2H3,(H,20,24)(H,21,23)/t18-/m0/s1. The van der Waals surface area contributed by atoms with E-state index in [4.69, 9.17) is 0 Å². The molecule has 2 rings (SSSR count). The fourth-order valence-corrected chi connectivity index (χ4v) is 2.46. The summed E-state index contributed by atoms with van der Waals surface area (Å²) < 4.78 is 0. The van der Waals surface area contributed by atoms with Gasteiger partial charge >= 0.3 is 0 Å². The van der Waals surface area contributed by atoms with Crippen LogP contribution in [0.15, 0.2) is 54.6 Å². The predicted octanol–water partition coefficient (Wildman–Crippen LogP) is 2.92. The molecule has 0 aliphatic rings. The van der Waals surface area contributed by atoms with E-state index < -0.39 is 16.9 Å². The molecule has 0 aliphatic carbocycles. The Balaban J connectivity index is 2.04. The highest BCUT2D eigenvalue weighted by Gasteiger charge is 2.24. The third-order valence-corrected chi connectivity index (χ3v) is 3.80. The molecule has 0 spiro atoms. The monoisotopic (exact) mass is 355 g/mol. The van der Waals surface area contributed by atoms with Crippen LogP contribution in [0.2, 0.25) is 0 Å². The second kappa shape index (κ2) is 8.75. The number of hydrogen-bond acceptors (Lipinski definition) is 4. The molecule has 136 valence electrons. The van der Waals surface area contributed by atoms with E-state index in [0.717, 1.165) is 5.56 Å². The smallest absolute Gasteiger partial charge is 0.271 e. The van der Waals surface area contributed by atoms with Crippen LogP contribution in [-0.2, 0) is 16.0 Å². The van der Waals surface area contributed by atoms with Gasteiger partial charge in [0, 0.05) is 17.8 Å². The van der Waals surface area contributed by atoms with E-state index in [0.29, 0.717) is 5.69 Å². The SMILES string of the molecule is CC(C)[C@H](NC(=O)Cc1ccccc1)C(=O)Nc1cccc([N+](=O)[O-])c1. The van der Waals surface area contributed by atoms with E-state index in [1.54, 1.807) is 6.07 Å². The van der Waals surface area contributed by atoms with Crippen LogP contribution in [-0.4, -0.2) is 22.8 Å². The minimum atomic E-state index is -0.745. The van der Waals surface area contributed by atoms with Crippen molar-refractivity contribution in [2.75, 3.05) is 5.32 Å². The highest BCUT2D eigenvalue weighted by atomic mass is 16.6. The number of nitrogens with one attached hydrogen (secondary N) is 2. The molecule has 0 aliphatic heterocycles. The largest absolute Gasteiger partial charge is 0.344 e. The number of nitro groups is 1. The van der Waals surface area contributed by atoms with Crippen molar-refractivity contribution < 1.29 is 14.5 Å². The molecule has 2 aromatic carbocycles. The molecular formula is C19H21N3O4. The number of rotatable bonds is 7.